The summed E-state index contributed by atoms with van der Waals surface area (Å²) in [5, 5.41) is 20.1. The van der Waals surface area contributed by atoms with Crippen LogP contribution in [0.3, 0.4) is 0 Å². The molecule has 4 nitrogen and oxygen atoms in total. The molecule has 5 heteroatoms. The topological polar surface area (TPSA) is 62.6 Å². The molecule has 0 radical (unpaired) electrons. The summed E-state index contributed by atoms with van der Waals surface area (Å²) in [6, 6.07) is 7.35. The van der Waals surface area contributed by atoms with Gasteiger partial charge in [-0.05, 0) is 10.8 Å². The lowest BCUT2D eigenvalue weighted by Crippen LogP contribution is -2.32. The molecule has 0 amide bonds. The lowest BCUT2D eigenvalue weighted by atomic mass is 9.78. The maximum absolute atomic E-state index is 9.27. The van der Waals surface area contributed by atoms with Gasteiger partial charge in [0.05, 0.1) is 12.6 Å². The van der Waals surface area contributed by atoms with Crippen molar-refractivity contribution in [2.75, 3.05) is 7.11 Å². The number of rotatable bonds is 2. The molecule has 0 atom stereocenters. The SMILES string of the molecule is COc1ncc2ccccc2c1B(O)O. The molecule has 0 saturated heterocycles. The molecular formula is C10H10BNO3. The van der Waals surface area contributed by atoms with Crippen LogP contribution in [-0.4, -0.2) is 29.3 Å². The van der Waals surface area contributed by atoms with Crippen LogP contribution in [0, 0.1) is 0 Å². The second kappa shape index (κ2) is 3.88. The molecular weight excluding hydrogens is 193 g/mol. The van der Waals surface area contributed by atoms with E-state index in [1.807, 2.05) is 18.2 Å². The molecule has 0 saturated carbocycles. The van der Waals surface area contributed by atoms with Crippen LogP contribution in [0.25, 0.3) is 10.8 Å². The molecule has 0 aliphatic carbocycles. The van der Waals surface area contributed by atoms with Crippen molar-refractivity contribution >= 4 is 23.4 Å². The minimum absolute atomic E-state index is 0.240. The van der Waals surface area contributed by atoms with Gasteiger partial charge in [-0.2, -0.15) is 0 Å². The van der Waals surface area contributed by atoms with Crippen molar-refractivity contribution in [2.45, 2.75) is 0 Å². The summed E-state index contributed by atoms with van der Waals surface area (Å²) >= 11 is 0. The fourth-order valence-corrected chi connectivity index (χ4v) is 1.58. The molecule has 0 bridgehead atoms. The van der Waals surface area contributed by atoms with Gasteiger partial charge in [-0.3, -0.25) is 0 Å². The lowest BCUT2D eigenvalue weighted by molar-refractivity contribution is 0.392. The fraction of sp³-hybridized carbons (Fsp3) is 0.100. The molecule has 1 heterocycles. The van der Waals surface area contributed by atoms with Gasteiger partial charge in [0.25, 0.3) is 0 Å². The van der Waals surface area contributed by atoms with Gasteiger partial charge in [-0.25, -0.2) is 4.98 Å². The molecule has 1 aromatic heterocycles. The summed E-state index contributed by atoms with van der Waals surface area (Å²) in [5.41, 5.74) is 0.301. The van der Waals surface area contributed by atoms with Crippen molar-refractivity contribution in [3.05, 3.63) is 30.5 Å². The molecule has 0 fully saturated rings. The first-order valence-corrected chi connectivity index (χ1v) is 4.52. The van der Waals surface area contributed by atoms with E-state index in [9.17, 15) is 10.0 Å². The van der Waals surface area contributed by atoms with Crippen molar-refractivity contribution in [1.82, 2.24) is 4.98 Å². The molecule has 2 rings (SSSR count). The monoisotopic (exact) mass is 203 g/mol. The Hall–Kier alpha value is -1.59. The number of nitrogens with zero attached hydrogens (tertiary/aromatic N) is 1. The number of fused-ring (bicyclic) bond motifs is 1. The summed E-state index contributed by atoms with van der Waals surface area (Å²) in [6.07, 6.45) is 1.64. The average Bonchev–Trinajstić information content (AvgIpc) is 2.27. The smallest absolute Gasteiger partial charge is 0.481 e. The normalized spacial score (nSPS) is 10.3. The molecule has 76 valence electrons. The Morgan fingerprint density at radius 2 is 2.00 bits per heavy atom. The molecule has 0 spiro atoms. The summed E-state index contributed by atoms with van der Waals surface area (Å²) in [7, 11) is -0.137. The van der Waals surface area contributed by atoms with Crippen LogP contribution in [0.1, 0.15) is 0 Å². The highest BCUT2D eigenvalue weighted by Gasteiger charge is 2.21. The Labute approximate surface area is 87.3 Å². The number of methoxy groups -OCH3 is 1. The van der Waals surface area contributed by atoms with E-state index >= 15 is 0 Å². The Bertz CT molecular complexity index is 487. The molecule has 2 N–H and O–H groups in total. The lowest BCUT2D eigenvalue weighted by Gasteiger charge is -2.09. The van der Waals surface area contributed by atoms with Crippen molar-refractivity contribution in [3.8, 4) is 5.88 Å². The van der Waals surface area contributed by atoms with Crippen molar-refractivity contribution in [2.24, 2.45) is 0 Å². The van der Waals surface area contributed by atoms with E-state index in [1.165, 1.54) is 7.11 Å². The third kappa shape index (κ3) is 1.67. The predicted molar refractivity (Wildman–Crippen MR) is 58.1 cm³/mol. The first kappa shape index (κ1) is 9.95. The largest absolute Gasteiger partial charge is 0.494 e. The maximum Gasteiger partial charge on any atom is 0.494 e. The predicted octanol–water partition coefficient (Wildman–Crippen LogP) is -0.0768. The highest BCUT2D eigenvalue weighted by atomic mass is 16.5. The van der Waals surface area contributed by atoms with E-state index in [-0.39, 0.29) is 5.88 Å². The zero-order valence-corrected chi connectivity index (χ0v) is 8.21. The number of pyridine rings is 1. The molecule has 2 aromatic rings. The van der Waals surface area contributed by atoms with Crippen LogP contribution in [0.4, 0.5) is 0 Å². The van der Waals surface area contributed by atoms with Gasteiger partial charge in [0.15, 0.2) is 0 Å². The summed E-state index contributed by atoms with van der Waals surface area (Å²) in [5.74, 6) is 0.240. The minimum atomic E-state index is -1.58. The van der Waals surface area contributed by atoms with Crippen LogP contribution in [0.5, 0.6) is 5.88 Å². The van der Waals surface area contributed by atoms with Gasteiger partial charge < -0.3 is 14.8 Å². The Morgan fingerprint density at radius 3 is 2.67 bits per heavy atom. The molecule has 0 aliphatic heterocycles. The van der Waals surface area contributed by atoms with Gasteiger partial charge in [0, 0.05) is 6.20 Å². The highest BCUT2D eigenvalue weighted by molar-refractivity contribution is 6.63. The van der Waals surface area contributed by atoms with Crippen LogP contribution in [0.2, 0.25) is 0 Å². The van der Waals surface area contributed by atoms with Gasteiger partial charge in [0.2, 0.25) is 5.88 Å². The van der Waals surface area contributed by atoms with Gasteiger partial charge in [0.1, 0.15) is 0 Å². The number of hydrogen-bond acceptors (Lipinski definition) is 4. The molecule has 0 aliphatic rings. The van der Waals surface area contributed by atoms with Crippen molar-refractivity contribution in [3.63, 3.8) is 0 Å². The second-order valence-electron chi connectivity index (χ2n) is 3.14. The first-order chi connectivity index (χ1) is 7.24. The van der Waals surface area contributed by atoms with Crippen molar-refractivity contribution in [1.29, 1.82) is 0 Å². The van der Waals surface area contributed by atoms with Gasteiger partial charge in [-0.15, -0.1) is 0 Å². The molecule has 1 aromatic carbocycles. The number of ether oxygens (including phenoxy) is 1. The Balaban J connectivity index is 2.79. The Morgan fingerprint density at radius 1 is 1.27 bits per heavy atom. The van der Waals surface area contributed by atoms with Crippen LogP contribution in [-0.2, 0) is 0 Å². The summed E-state index contributed by atoms with van der Waals surface area (Å²) in [6.45, 7) is 0. The van der Waals surface area contributed by atoms with E-state index < -0.39 is 7.12 Å². The zero-order chi connectivity index (χ0) is 10.8. The minimum Gasteiger partial charge on any atom is -0.481 e. The van der Waals surface area contributed by atoms with E-state index in [4.69, 9.17) is 4.74 Å². The van der Waals surface area contributed by atoms with Gasteiger partial charge in [-0.1, -0.05) is 24.3 Å². The standard InChI is InChI=1S/C10H10BNO3/c1-15-10-9(11(13)14)8-5-3-2-4-7(8)6-12-10/h2-6,13-14H,1H3. The van der Waals surface area contributed by atoms with E-state index in [1.54, 1.807) is 12.3 Å². The quantitative estimate of drug-likeness (QED) is 0.670. The average molecular weight is 203 g/mol. The van der Waals surface area contributed by atoms with Crippen LogP contribution in [0.15, 0.2) is 30.5 Å². The third-order valence-corrected chi connectivity index (χ3v) is 2.25. The summed E-state index contributed by atoms with van der Waals surface area (Å²) < 4.78 is 4.98. The summed E-state index contributed by atoms with van der Waals surface area (Å²) in [4.78, 5) is 4.00. The first-order valence-electron chi connectivity index (χ1n) is 4.52. The number of benzene rings is 1. The van der Waals surface area contributed by atoms with Crippen molar-refractivity contribution < 1.29 is 14.8 Å². The fourth-order valence-electron chi connectivity index (χ4n) is 1.58. The van der Waals surface area contributed by atoms with E-state index in [0.717, 1.165) is 10.8 Å². The number of aromatic nitrogens is 1. The molecule has 15 heavy (non-hydrogen) atoms. The van der Waals surface area contributed by atoms with E-state index in [0.29, 0.717) is 5.46 Å². The second-order valence-corrected chi connectivity index (χ2v) is 3.14. The third-order valence-electron chi connectivity index (χ3n) is 2.25. The maximum atomic E-state index is 9.27. The van der Waals surface area contributed by atoms with Crippen LogP contribution >= 0.6 is 0 Å². The Kier molecular flexibility index (Phi) is 2.57. The number of hydrogen-bond donors (Lipinski definition) is 2. The van der Waals surface area contributed by atoms with E-state index in [2.05, 4.69) is 4.98 Å². The molecule has 0 unspecified atom stereocenters. The highest BCUT2D eigenvalue weighted by Crippen LogP contribution is 2.15. The van der Waals surface area contributed by atoms with Crippen LogP contribution < -0.4 is 10.2 Å². The zero-order valence-electron chi connectivity index (χ0n) is 8.21. The van der Waals surface area contributed by atoms with Gasteiger partial charge >= 0.3 is 7.12 Å².